The highest BCUT2D eigenvalue weighted by molar-refractivity contribution is 5.93. The average Bonchev–Trinajstić information content (AvgIpc) is 3.03. The number of piperidine rings is 1. The van der Waals surface area contributed by atoms with Crippen molar-refractivity contribution in [1.29, 1.82) is 0 Å². The lowest BCUT2D eigenvalue weighted by Crippen LogP contribution is -2.34. The van der Waals surface area contributed by atoms with Gasteiger partial charge >= 0.3 is 0 Å². The van der Waals surface area contributed by atoms with Crippen LogP contribution >= 0.6 is 0 Å². The zero-order chi connectivity index (χ0) is 18.7. The smallest absolute Gasteiger partial charge is 0.267 e. The fraction of sp³-hybridized carbons (Fsp3) is 0.400. The fourth-order valence-electron chi connectivity index (χ4n) is 3.79. The maximum Gasteiger partial charge on any atom is 0.267 e. The molecule has 0 bridgehead atoms. The third-order valence-electron chi connectivity index (χ3n) is 5.17. The van der Waals surface area contributed by atoms with E-state index < -0.39 is 5.91 Å². The lowest BCUT2D eigenvalue weighted by atomic mass is 9.98. The molecule has 1 aliphatic heterocycles. The van der Waals surface area contributed by atoms with Crippen LogP contribution in [-0.2, 0) is 13.6 Å². The summed E-state index contributed by atoms with van der Waals surface area (Å²) in [6.07, 6.45) is 3.38. The van der Waals surface area contributed by atoms with E-state index in [0.29, 0.717) is 11.3 Å². The molecule has 1 saturated heterocycles. The number of primary amides is 1. The van der Waals surface area contributed by atoms with E-state index >= 15 is 0 Å². The van der Waals surface area contributed by atoms with Gasteiger partial charge in [0.25, 0.3) is 5.91 Å². The molecule has 2 heterocycles. The van der Waals surface area contributed by atoms with E-state index in [2.05, 4.69) is 10.2 Å². The highest BCUT2D eigenvalue weighted by atomic mass is 16.2. The second-order valence-electron chi connectivity index (χ2n) is 6.83. The molecule has 1 aromatic carbocycles. The Morgan fingerprint density at radius 3 is 2.77 bits per heavy atom. The van der Waals surface area contributed by atoms with Crippen LogP contribution in [0.4, 0.5) is 0 Å². The summed E-state index contributed by atoms with van der Waals surface area (Å²) in [7, 11) is 3.59. The first-order valence-corrected chi connectivity index (χ1v) is 9.01. The van der Waals surface area contributed by atoms with Gasteiger partial charge in [0.15, 0.2) is 0 Å². The molecule has 0 spiro atoms. The number of nitrogens with zero attached hydrogens (tertiary/aromatic N) is 2. The first kappa shape index (κ1) is 18.2. The number of amides is 2. The van der Waals surface area contributed by atoms with E-state index in [4.69, 9.17) is 5.73 Å². The van der Waals surface area contributed by atoms with Crippen molar-refractivity contribution < 1.29 is 9.59 Å². The van der Waals surface area contributed by atoms with Crippen LogP contribution < -0.4 is 11.1 Å². The number of nitrogens with one attached hydrogen (secondary N) is 1. The number of hydrogen-bond acceptors (Lipinski definition) is 3. The number of hydrogen-bond donors (Lipinski definition) is 2. The Kier molecular flexibility index (Phi) is 5.42. The van der Waals surface area contributed by atoms with Crippen molar-refractivity contribution in [1.82, 2.24) is 14.8 Å². The number of carbonyl (C=O) groups excluding carboxylic acids is 2. The van der Waals surface area contributed by atoms with Gasteiger partial charge in [-0.25, -0.2) is 0 Å². The van der Waals surface area contributed by atoms with Gasteiger partial charge in [0.05, 0.1) is 6.04 Å². The average molecular weight is 354 g/mol. The van der Waals surface area contributed by atoms with E-state index in [-0.39, 0.29) is 11.9 Å². The minimum absolute atomic E-state index is 0.0738. The normalized spacial score (nSPS) is 17.8. The van der Waals surface area contributed by atoms with Crippen molar-refractivity contribution >= 4 is 11.8 Å². The first-order valence-electron chi connectivity index (χ1n) is 9.01. The minimum Gasteiger partial charge on any atom is -0.366 e. The van der Waals surface area contributed by atoms with Crippen LogP contribution in [0.1, 0.15) is 57.4 Å². The number of carbonyl (C=O) groups is 2. The molecule has 0 radical (unpaired) electrons. The molecule has 6 nitrogen and oxygen atoms in total. The van der Waals surface area contributed by atoms with Crippen molar-refractivity contribution in [2.24, 2.45) is 12.8 Å². The quantitative estimate of drug-likeness (QED) is 0.864. The number of rotatable bonds is 5. The second-order valence-corrected chi connectivity index (χ2v) is 6.83. The van der Waals surface area contributed by atoms with E-state index in [1.165, 1.54) is 6.42 Å². The van der Waals surface area contributed by atoms with Gasteiger partial charge in [-0.1, -0.05) is 18.6 Å². The van der Waals surface area contributed by atoms with Gasteiger partial charge in [0.1, 0.15) is 5.69 Å². The lowest BCUT2D eigenvalue weighted by Gasteiger charge is -2.36. The van der Waals surface area contributed by atoms with Crippen molar-refractivity contribution in [3.63, 3.8) is 0 Å². The van der Waals surface area contributed by atoms with Crippen LogP contribution in [0, 0.1) is 0 Å². The fourth-order valence-corrected chi connectivity index (χ4v) is 3.79. The van der Waals surface area contributed by atoms with E-state index in [1.807, 2.05) is 41.9 Å². The number of aromatic nitrogens is 1. The molecule has 0 aliphatic carbocycles. The Morgan fingerprint density at radius 1 is 1.23 bits per heavy atom. The summed E-state index contributed by atoms with van der Waals surface area (Å²) in [5.74, 6) is -0.477. The van der Waals surface area contributed by atoms with E-state index in [0.717, 1.165) is 37.2 Å². The molecular formula is C20H26N4O2. The molecule has 3 N–H and O–H groups in total. The Hall–Kier alpha value is -2.60. The van der Waals surface area contributed by atoms with E-state index in [1.54, 1.807) is 13.1 Å². The first-order chi connectivity index (χ1) is 12.5. The predicted molar refractivity (Wildman–Crippen MR) is 101 cm³/mol. The summed E-state index contributed by atoms with van der Waals surface area (Å²) >= 11 is 0. The van der Waals surface area contributed by atoms with Crippen LogP contribution in [0.5, 0.6) is 0 Å². The van der Waals surface area contributed by atoms with Crippen molar-refractivity contribution in [3.8, 4) is 0 Å². The number of benzene rings is 1. The standard InChI is InChI=1S/C20H26N4O2/c1-22-20(26)18-10-9-16(23(18)2)17-8-3-4-11-24(17)13-14-6-5-7-15(12-14)19(21)25/h5-7,9-10,12,17H,3-4,8,11,13H2,1-2H3,(H2,21,25)(H,22,26)/t17-/m0/s1. The van der Waals surface area contributed by atoms with Crippen molar-refractivity contribution in [2.75, 3.05) is 13.6 Å². The van der Waals surface area contributed by atoms with E-state index in [9.17, 15) is 9.59 Å². The Bertz CT molecular complexity index is 812. The van der Waals surface area contributed by atoms with Gasteiger partial charge in [-0.15, -0.1) is 0 Å². The van der Waals surface area contributed by atoms with Crippen LogP contribution in [-0.4, -0.2) is 34.9 Å². The van der Waals surface area contributed by atoms with Crippen LogP contribution in [0.25, 0.3) is 0 Å². The molecule has 1 aromatic heterocycles. The van der Waals surface area contributed by atoms with Gasteiger partial charge in [0, 0.05) is 31.9 Å². The van der Waals surface area contributed by atoms with Crippen LogP contribution in [0.15, 0.2) is 36.4 Å². The number of likely N-dealkylation sites (tertiary alicyclic amines) is 1. The summed E-state index contributed by atoms with van der Waals surface area (Å²) in [5.41, 5.74) is 8.84. The van der Waals surface area contributed by atoms with Gasteiger partial charge < -0.3 is 15.6 Å². The third kappa shape index (κ3) is 3.65. The van der Waals surface area contributed by atoms with Gasteiger partial charge in [-0.05, 0) is 49.2 Å². The monoisotopic (exact) mass is 354 g/mol. The molecule has 0 saturated carbocycles. The predicted octanol–water partition coefficient (Wildman–Crippen LogP) is 2.21. The Labute approximate surface area is 154 Å². The summed E-state index contributed by atoms with van der Waals surface area (Å²) in [6.45, 7) is 1.75. The maximum absolute atomic E-state index is 12.0. The maximum atomic E-state index is 12.0. The summed E-state index contributed by atoms with van der Waals surface area (Å²) in [4.78, 5) is 25.9. The highest BCUT2D eigenvalue weighted by Gasteiger charge is 2.27. The number of nitrogens with two attached hydrogens (primary N) is 1. The second kappa shape index (κ2) is 7.74. The van der Waals surface area contributed by atoms with Crippen molar-refractivity contribution in [2.45, 2.75) is 31.8 Å². The van der Waals surface area contributed by atoms with Crippen molar-refractivity contribution in [3.05, 3.63) is 58.9 Å². The summed E-state index contributed by atoms with van der Waals surface area (Å²) < 4.78 is 1.99. The molecule has 26 heavy (non-hydrogen) atoms. The summed E-state index contributed by atoms with van der Waals surface area (Å²) in [6, 6.07) is 11.7. The third-order valence-corrected chi connectivity index (χ3v) is 5.17. The molecule has 0 unspecified atom stereocenters. The molecule has 1 atom stereocenters. The molecule has 2 aromatic rings. The molecule has 1 aliphatic rings. The largest absolute Gasteiger partial charge is 0.366 e. The van der Waals surface area contributed by atoms with Crippen LogP contribution in [0.3, 0.4) is 0 Å². The highest BCUT2D eigenvalue weighted by Crippen LogP contribution is 2.33. The molecule has 2 amide bonds. The molecular weight excluding hydrogens is 328 g/mol. The minimum atomic E-state index is -0.403. The molecule has 1 fully saturated rings. The van der Waals surface area contributed by atoms with Gasteiger partial charge in [0.2, 0.25) is 5.91 Å². The lowest BCUT2D eigenvalue weighted by molar-refractivity contribution is 0.0951. The zero-order valence-electron chi connectivity index (χ0n) is 15.4. The Balaban J connectivity index is 1.85. The zero-order valence-corrected chi connectivity index (χ0v) is 15.4. The molecule has 6 heteroatoms. The van der Waals surface area contributed by atoms with Gasteiger partial charge in [-0.3, -0.25) is 14.5 Å². The Morgan fingerprint density at radius 2 is 2.04 bits per heavy atom. The van der Waals surface area contributed by atoms with Crippen LogP contribution in [0.2, 0.25) is 0 Å². The van der Waals surface area contributed by atoms with Gasteiger partial charge in [-0.2, -0.15) is 0 Å². The topological polar surface area (TPSA) is 80.4 Å². The molecule has 138 valence electrons. The molecule has 3 rings (SSSR count). The summed E-state index contributed by atoms with van der Waals surface area (Å²) in [5, 5.41) is 2.69. The SMILES string of the molecule is CNC(=O)c1ccc([C@@H]2CCCCN2Cc2cccc(C(N)=O)c2)n1C.